The van der Waals surface area contributed by atoms with Crippen LogP contribution in [0, 0.1) is 35.5 Å². The fourth-order valence-electron chi connectivity index (χ4n) is 5.01. The molecule has 4 unspecified atom stereocenters. The van der Waals surface area contributed by atoms with Crippen LogP contribution in [0.25, 0.3) is 0 Å². The molecular weight excluding hydrogens is 280 g/mol. The minimum Gasteiger partial charge on any atom is -0.378 e. The third kappa shape index (κ3) is 5.25. The molecule has 0 aromatic rings. The highest BCUT2D eigenvalue weighted by Crippen LogP contribution is 2.43. The number of fused-ring (bicyclic) bond motifs is 1. The van der Waals surface area contributed by atoms with Gasteiger partial charge in [-0.2, -0.15) is 0 Å². The highest BCUT2D eigenvalue weighted by atomic mass is 16.5. The molecule has 1 heteroatoms. The molecule has 0 amide bonds. The predicted octanol–water partition coefficient (Wildman–Crippen LogP) is 5.97. The van der Waals surface area contributed by atoms with Crippen LogP contribution in [-0.2, 0) is 4.74 Å². The lowest BCUT2D eigenvalue weighted by atomic mass is 9.67. The fraction of sp³-hybridized carbons (Fsp3) is 0.909. The Labute approximate surface area is 143 Å². The van der Waals surface area contributed by atoms with Crippen LogP contribution in [0.1, 0.15) is 90.4 Å². The van der Waals surface area contributed by atoms with E-state index in [1.54, 1.807) is 0 Å². The Morgan fingerprint density at radius 2 is 1.52 bits per heavy atom. The Hall–Kier alpha value is -0.480. The largest absolute Gasteiger partial charge is 0.378 e. The Kier molecular flexibility index (Phi) is 6.88. The highest BCUT2D eigenvalue weighted by Gasteiger charge is 2.35. The van der Waals surface area contributed by atoms with Crippen molar-refractivity contribution in [2.45, 2.75) is 96.5 Å². The van der Waals surface area contributed by atoms with E-state index >= 15 is 0 Å². The van der Waals surface area contributed by atoms with Crippen molar-refractivity contribution < 1.29 is 4.74 Å². The maximum absolute atomic E-state index is 6.10. The minimum absolute atomic E-state index is 0.563. The van der Waals surface area contributed by atoms with Crippen LogP contribution >= 0.6 is 0 Å². The van der Waals surface area contributed by atoms with Crippen LogP contribution in [0.3, 0.4) is 0 Å². The molecule has 130 valence electrons. The fourth-order valence-corrected chi connectivity index (χ4v) is 5.01. The smallest absolute Gasteiger partial charge is 0.0578 e. The number of ether oxygens (including phenoxy) is 1. The van der Waals surface area contributed by atoms with E-state index in [1.807, 2.05) is 0 Å². The third-order valence-electron chi connectivity index (χ3n) is 6.51. The normalized spacial score (nSPS) is 35.2. The van der Waals surface area contributed by atoms with E-state index in [-0.39, 0.29) is 0 Å². The van der Waals surface area contributed by atoms with E-state index in [0.717, 1.165) is 24.4 Å². The van der Waals surface area contributed by atoms with Crippen LogP contribution in [0.5, 0.6) is 0 Å². The van der Waals surface area contributed by atoms with E-state index in [2.05, 4.69) is 18.8 Å². The van der Waals surface area contributed by atoms with Gasteiger partial charge in [0.1, 0.15) is 0 Å². The molecule has 0 N–H and O–H groups in total. The van der Waals surface area contributed by atoms with Crippen molar-refractivity contribution in [1.82, 2.24) is 0 Å². The molecule has 0 saturated heterocycles. The van der Waals surface area contributed by atoms with Gasteiger partial charge in [-0.15, -0.1) is 0 Å². The summed E-state index contributed by atoms with van der Waals surface area (Å²) < 4.78 is 6.10. The molecule has 4 atom stereocenters. The van der Waals surface area contributed by atoms with Crippen molar-refractivity contribution >= 4 is 0 Å². The lowest BCUT2D eigenvalue weighted by Gasteiger charge is -2.41. The summed E-state index contributed by atoms with van der Waals surface area (Å²) in [6, 6.07) is 0. The Balaban J connectivity index is 1.42. The molecule has 1 nitrogen and oxygen atoms in total. The first kappa shape index (κ1) is 17.3. The molecule has 0 aliphatic heterocycles. The van der Waals surface area contributed by atoms with Gasteiger partial charge in [0.2, 0.25) is 0 Å². The maximum atomic E-state index is 6.10. The second kappa shape index (κ2) is 9.12. The zero-order valence-corrected chi connectivity index (χ0v) is 15.2. The molecule has 3 rings (SSSR count). The first-order valence-electron chi connectivity index (χ1n) is 10.5. The minimum atomic E-state index is 0.563. The van der Waals surface area contributed by atoms with Gasteiger partial charge in [0.05, 0.1) is 6.10 Å². The van der Waals surface area contributed by atoms with Crippen LogP contribution < -0.4 is 0 Å². The first-order chi connectivity index (χ1) is 11.3. The van der Waals surface area contributed by atoms with E-state index < -0.39 is 0 Å². The number of hydrogen-bond acceptors (Lipinski definition) is 1. The van der Waals surface area contributed by atoms with Gasteiger partial charge in [0.25, 0.3) is 0 Å². The van der Waals surface area contributed by atoms with Crippen molar-refractivity contribution in [3.05, 3.63) is 0 Å². The predicted molar refractivity (Wildman–Crippen MR) is 97.2 cm³/mol. The molecule has 23 heavy (non-hydrogen) atoms. The molecule has 3 aliphatic rings. The van der Waals surface area contributed by atoms with Gasteiger partial charge < -0.3 is 4.74 Å². The Morgan fingerprint density at radius 1 is 0.783 bits per heavy atom. The van der Waals surface area contributed by atoms with Crippen molar-refractivity contribution in [3.8, 4) is 11.8 Å². The van der Waals surface area contributed by atoms with E-state index in [1.165, 1.54) is 83.5 Å². The lowest BCUT2D eigenvalue weighted by molar-refractivity contribution is -0.0170. The number of hydrogen-bond donors (Lipinski definition) is 0. The molecule has 0 heterocycles. The molecule has 0 bridgehead atoms. The van der Waals surface area contributed by atoms with Crippen molar-refractivity contribution in [1.29, 1.82) is 0 Å². The SMILES string of the molecule is CCCCOC1CCC2CC(C#CC3CCCCC3)CCC2C1. The van der Waals surface area contributed by atoms with Crippen molar-refractivity contribution in [2.75, 3.05) is 6.61 Å². The second-order valence-electron chi connectivity index (χ2n) is 8.31. The van der Waals surface area contributed by atoms with E-state index in [9.17, 15) is 0 Å². The van der Waals surface area contributed by atoms with Gasteiger partial charge in [0, 0.05) is 18.4 Å². The molecule has 3 aliphatic carbocycles. The van der Waals surface area contributed by atoms with Crippen LogP contribution in [0.4, 0.5) is 0 Å². The summed E-state index contributed by atoms with van der Waals surface area (Å²) in [7, 11) is 0. The average molecular weight is 317 g/mol. The summed E-state index contributed by atoms with van der Waals surface area (Å²) >= 11 is 0. The Morgan fingerprint density at radius 3 is 2.35 bits per heavy atom. The van der Waals surface area contributed by atoms with Crippen molar-refractivity contribution in [2.24, 2.45) is 23.7 Å². The number of unbranched alkanes of at least 4 members (excludes halogenated alkanes) is 1. The molecular formula is C22H36O. The van der Waals surface area contributed by atoms with E-state index in [0.29, 0.717) is 12.0 Å². The summed E-state index contributed by atoms with van der Waals surface area (Å²) in [5, 5.41) is 0. The zero-order valence-electron chi connectivity index (χ0n) is 15.2. The molecule has 0 radical (unpaired) electrons. The van der Waals surface area contributed by atoms with Gasteiger partial charge in [0.15, 0.2) is 0 Å². The van der Waals surface area contributed by atoms with Crippen LogP contribution in [-0.4, -0.2) is 12.7 Å². The molecule has 0 aromatic heterocycles. The van der Waals surface area contributed by atoms with Crippen LogP contribution in [0.2, 0.25) is 0 Å². The van der Waals surface area contributed by atoms with E-state index in [4.69, 9.17) is 4.74 Å². The maximum Gasteiger partial charge on any atom is 0.0578 e. The summed E-state index contributed by atoms with van der Waals surface area (Å²) in [5.74, 6) is 10.7. The molecule has 3 fully saturated rings. The van der Waals surface area contributed by atoms with Crippen LogP contribution in [0.15, 0.2) is 0 Å². The zero-order chi connectivity index (χ0) is 15.9. The summed E-state index contributed by atoms with van der Waals surface area (Å²) in [6.07, 6.45) is 18.2. The third-order valence-corrected chi connectivity index (χ3v) is 6.51. The van der Waals surface area contributed by atoms with Gasteiger partial charge >= 0.3 is 0 Å². The van der Waals surface area contributed by atoms with Gasteiger partial charge in [-0.3, -0.25) is 0 Å². The average Bonchev–Trinajstić information content (AvgIpc) is 2.61. The quantitative estimate of drug-likeness (QED) is 0.458. The Bertz CT molecular complexity index is 398. The van der Waals surface area contributed by atoms with Gasteiger partial charge in [-0.05, 0) is 69.6 Å². The highest BCUT2D eigenvalue weighted by molar-refractivity contribution is 5.09. The number of rotatable bonds is 4. The first-order valence-corrected chi connectivity index (χ1v) is 10.5. The van der Waals surface area contributed by atoms with Crippen molar-refractivity contribution in [3.63, 3.8) is 0 Å². The lowest BCUT2D eigenvalue weighted by Crippen LogP contribution is -2.34. The monoisotopic (exact) mass is 316 g/mol. The topological polar surface area (TPSA) is 9.23 Å². The summed E-state index contributed by atoms with van der Waals surface area (Å²) in [6.45, 7) is 3.23. The molecule has 3 saturated carbocycles. The second-order valence-corrected chi connectivity index (χ2v) is 8.31. The molecule has 0 spiro atoms. The van der Waals surface area contributed by atoms with Gasteiger partial charge in [-0.25, -0.2) is 0 Å². The summed E-state index contributed by atoms with van der Waals surface area (Å²) in [4.78, 5) is 0. The van der Waals surface area contributed by atoms with Gasteiger partial charge in [-0.1, -0.05) is 44.4 Å². The summed E-state index contributed by atoms with van der Waals surface area (Å²) in [5.41, 5.74) is 0. The standard InChI is InChI=1S/C22H36O/c1-2-3-15-23-22-14-13-20-16-19(11-12-21(20)17-22)10-9-18-7-5-4-6-8-18/h18-22H,2-8,11-17H2,1H3. The molecule has 0 aromatic carbocycles.